The van der Waals surface area contributed by atoms with E-state index in [9.17, 15) is 8.78 Å². The van der Waals surface area contributed by atoms with Gasteiger partial charge < -0.3 is 0 Å². The zero-order chi connectivity index (χ0) is 13.1. The van der Waals surface area contributed by atoms with E-state index >= 15 is 0 Å². The highest BCUT2D eigenvalue weighted by molar-refractivity contribution is 5.51. The van der Waals surface area contributed by atoms with Gasteiger partial charge in [0, 0.05) is 5.56 Å². The third-order valence-electron chi connectivity index (χ3n) is 3.92. The van der Waals surface area contributed by atoms with Gasteiger partial charge in [0.25, 0.3) is 0 Å². The van der Waals surface area contributed by atoms with Crippen LogP contribution in [0.15, 0.2) is 18.2 Å². The summed E-state index contributed by atoms with van der Waals surface area (Å²) in [6.07, 6.45) is 7.54. The lowest BCUT2D eigenvalue weighted by Crippen LogP contribution is -2.11. The van der Waals surface area contributed by atoms with Crippen molar-refractivity contribution in [2.24, 2.45) is 5.92 Å². The van der Waals surface area contributed by atoms with Crippen LogP contribution in [0.2, 0.25) is 0 Å². The van der Waals surface area contributed by atoms with Crippen LogP contribution < -0.4 is 0 Å². The molecule has 0 radical (unpaired) electrons. The van der Waals surface area contributed by atoms with Crippen molar-refractivity contribution in [3.05, 3.63) is 41.0 Å². The van der Waals surface area contributed by atoms with Gasteiger partial charge in [0.05, 0.1) is 0 Å². The Hall–Kier alpha value is -1.18. The van der Waals surface area contributed by atoms with E-state index in [0.29, 0.717) is 5.92 Å². The summed E-state index contributed by atoms with van der Waals surface area (Å²) >= 11 is 0. The van der Waals surface area contributed by atoms with Crippen LogP contribution in [0, 0.1) is 17.6 Å². The highest BCUT2D eigenvalue weighted by atomic mass is 19.1. The maximum absolute atomic E-state index is 13.8. The van der Waals surface area contributed by atoms with Crippen molar-refractivity contribution in [3.63, 3.8) is 0 Å². The topological polar surface area (TPSA) is 0 Å². The Kier molecular flexibility index (Phi) is 4.15. The van der Waals surface area contributed by atoms with E-state index in [2.05, 4.69) is 6.92 Å². The van der Waals surface area contributed by atoms with E-state index in [0.717, 1.165) is 37.2 Å². The Morgan fingerprint density at radius 2 is 1.61 bits per heavy atom. The fraction of sp³-hybridized carbons (Fsp3) is 0.500. The molecule has 1 aliphatic carbocycles. The molecule has 0 aromatic heterocycles. The average molecular weight is 250 g/mol. The Labute approximate surface area is 108 Å². The van der Waals surface area contributed by atoms with Gasteiger partial charge in [-0.2, -0.15) is 0 Å². The van der Waals surface area contributed by atoms with Crippen LogP contribution in [-0.4, -0.2) is 0 Å². The van der Waals surface area contributed by atoms with Crippen LogP contribution in [0.5, 0.6) is 0 Å². The van der Waals surface area contributed by atoms with Crippen LogP contribution in [0.4, 0.5) is 8.78 Å². The molecule has 0 aliphatic heterocycles. The zero-order valence-electron chi connectivity index (χ0n) is 11.0. The summed E-state index contributed by atoms with van der Waals surface area (Å²) in [6.45, 7) is 4.00. The van der Waals surface area contributed by atoms with E-state index < -0.39 is 11.6 Å². The predicted octanol–water partition coefficient (Wildman–Crippen LogP) is 5.29. The molecule has 0 saturated heterocycles. The second-order valence-electron chi connectivity index (χ2n) is 5.36. The number of hydrogen-bond acceptors (Lipinski definition) is 0. The highest BCUT2D eigenvalue weighted by Crippen LogP contribution is 2.36. The number of halogens is 2. The number of rotatable bonds is 2. The van der Waals surface area contributed by atoms with Gasteiger partial charge in [0.15, 0.2) is 0 Å². The molecular formula is C16H20F2. The molecule has 0 heterocycles. The lowest BCUT2D eigenvalue weighted by Gasteiger charge is -2.26. The van der Waals surface area contributed by atoms with Crippen LogP contribution in [-0.2, 0) is 0 Å². The lowest BCUT2D eigenvalue weighted by atomic mass is 9.79. The minimum atomic E-state index is -0.443. The summed E-state index contributed by atoms with van der Waals surface area (Å²) in [7, 11) is 0. The zero-order valence-corrected chi connectivity index (χ0v) is 11.0. The van der Waals surface area contributed by atoms with Gasteiger partial charge in [-0.05, 0) is 49.3 Å². The fourth-order valence-electron chi connectivity index (χ4n) is 2.76. The van der Waals surface area contributed by atoms with Gasteiger partial charge in [0.2, 0.25) is 0 Å². The Balaban J connectivity index is 2.25. The van der Waals surface area contributed by atoms with Crippen molar-refractivity contribution in [2.45, 2.75) is 45.4 Å². The van der Waals surface area contributed by atoms with E-state index in [-0.39, 0.29) is 5.56 Å². The normalized spacial score (nSPS) is 24.7. The number of hydrogen-bond donors (Lipinski definition) is 0. The van der Waals surface area contributed by atoms with E-state index in [1.807, 2.05) is 0 Å². The molecule has 1 fully saturated rings. The van der Waals surface area contributed by atoms with Crippen molar-refractivity contribution in [3.8, 4) is 0 Å². The van der Waals surface area contributed by atoms with Crippen LogP contribution >= 0.6 is 0 Å². The van der Waals surface area contributed by atoms with Gasteiger partial charge in [-0.25, -0.2) is 8.78 Å². The van der Waals surface area contributed by atoms with Gasteiger partial charge >= 0.3 is 0 Å². The fourth-order valence-corrected chi connectivity index (χ4v) is 2.76. The van der Waals surface area contributed by atoms with Crippen LogP contribution in [0.3, 0.4) is 0 Å². The minimum absolute atomic E-state index is 0.0745. The third-order valence-corrected chi connectivity index (χ3v) is 3.92. The van der Waals surface area contributed by atoms with Gasteiger partial charge in [-0.1, -0.05) is 31.9 Å². The quantitative estimate of drug-likeness (QED) is 0.669. The van der Waals surface area contributed by atoms with Crippen molar-refractivity contribution in [1.82, 2.24) is 0 Å². The van der Waals surface area contributed by atoms with Crippen molar-refractivity contribution in [1.29, 1.82) is 0 Å². The molecule has 1 aromatic carbocycles. The molecule has 1 saturated carbocycles. The Bertz CT molecular complexity index is 417. The monoisotopic (exact) mass is 250 g/mol. The molecule has 0 amide bonds. The van der Waals surface area contributed by atoms with Crippen molar-refractivity contribution in [2.75, 3.05) is 0 Å². The van der Waals surface area contributed by atoms with Crippen LogP contribution in [0.1, 0.15) is 56.6 Å². The second-order valence-corrected chi connectivity index (χ2v) is 5.36. The summed E-state index contributed by atoms with van der Waals surface area (Å²) in [4.78, 5) is 0. The second kappa shape index (κ2) is 5.64. The van der Waals surface area contributed by atoms with Crippen LogP contribution in [0.25, 0.3) is 6.08 Å². The summed E-state index contributed by atoms with van der Waals surface area (Å²) in [6, 6.07) is 3.03. The maximum Gasteiger partial charge on any atom is 0.133 e. The molecule has 2 heteroatoms. The largest absolute Gasteiger partial charge is 0.206 e. The summed E-state index contributed by atoms with van der Waals surface area (Å²) in [5.41, 5.74) is 0.899. The summed E-state index contributed by atoms with van der Waals surface area (Å²) in [5.74, 6) is 0.187. The first-order valence-corrected chi connectivity index (χ1v) is 6.73. The molecule has 2 rings (SSSR count). The van der Waals surface area contributed by atoms with E-state index in [1.165, 1.54) is 18.2 Å². The first kappa shape index (κ1) is 13.3. The molecule has 0 spiro atoms. The average Bonchev–Trinajstić information content (AvgIpc) is 2.34. The first-order chi connectivity index (χ1) is 8.61. The van der Waals surface area contributed by atoms with E-state index in [1.54, 1.807) is 13.0 Å². The molecule has 18 heavy (non-hydrogen) atoms. The maximum atomic E-state index is 13.8. The predicted molar refractivity (Wildman–Crippen MR) is 71.4 cm³/mol. The number of allylic oxidation sites excluding steroid dienone is 1. The molecule has 0 N–H and O–H groups in total. The van der Waals surface area contributed by atoms with Gasteiger partial charge in [-0.15, -0.1) is 0 Å². The molecule has 98 valence electrons. The molecular weight excluding hydrogens is 230 g/mol. The Morgan fingerprint density at radius 1 is 1.06 bits per heavy atom. The summed E-state index contributed by atoms with van der Waals surface area (Å²) in [5, 5.41) is 0. The SMILES string of the molecule is C/C=C/c1c(F)cc(C2CCC(C)CC2)cc1F. The highest BCUT2D eigenvalue weighted by Gasteiger charge is 2.21. The molecule has 0 bridgehead atoms. The molecule has 0 atom stereocenters. The summed E-state index contributed by atoms with van der Waals surface area (Å²) < 4.78 is 27.7. The van der Waals surface area contributed by atoms with E-state index in [4.69, 9.17) is 0 Å². The number of benzene rings is 1. The third kappa shape index (κ3) is 2.80. The molecule has 1 aliphatic rings. The molecule has 0 nitrogen and oxygen atoms in total. The molecule has 0 unspecified atom stereocenters. The minimum Gasteiger partial charge on any atom is -0.206 e. The van der Waals surface area contributed by atoms with Gasteiger partial charge in [-0.3, -0.25) is 0 Å². The Morgan fingerprint density at radius 3 is 2.11 bits per heavy atom. The standard InChI is InChI=1S/C16H20F2/c1-3-4-14-15(17)9-13(10-16(14)18)12-7-5-11(2)6-8-12/h3-4,9-12H,5-8H2,1-2H3/b4-3+. The lowest BCUT2D eigenvalue weighted by molar-refractivity contribution is 0.346. The smallest absolute Gasteiger partial charge is 0.133 e. The first-order valence-electron chi connectivity index (χ1n) is 6.73. The van der Waals surface area contributed by atoms with Crippen molar-refractivity contribution < 1.29 is 8.78 Å². The van der Waals surface area contributed by atoms with Gasteiger partial charge in [0.1, 0.15) is 11.6 Å². The van der Waals surface area contributed by atoms with Crippen molar-refractivity contribution >= 4 is 6.08 Å². The molecule has 1 aromatic rings.